The van der Waals surface area contributed by atoms with E-state index in [1.165, 1.54) is 12.1 Å². The molecule has 1 aliphatic rings. The zero-order valence-electron chi connectivity index (χ0n) is 17.0. The van der Waals surface area contributed by atoms with Crippen LogP contribution in [0.1, 0.15) is 39.8 Å². The number of benzene rings is 2. The van der Waals surface area contributed by atoms with Gasteiger partial charge in [0.1, 0.15) is 0 Å². The van der Waals surface area contributed by atoms with E-state index in [1.807, 2.05) is 29.7 Å². The van der Waals surface area contributed by atoms with Crippen molar-refractivity contribution in [2.24, 2.45) is 5.73 Å². The molecule has 1 amide bonds. The molecule has 0 spiro atoms. The quantitative estimate of drug-likeness (QED) is 0.625. The van der Waals surface area contributed by atoms with Crippen molar-refractivity contribution in [1.82, 2.24) is 4.57 Å². The van der Waals surface area contributed by atoms with Crippen molar-refractivity contribution in [3.63, 3.8) is 0 Å². The molecule has 0 aliphatic carbocycles. The smallest absolute Gasteiger partial charge is 0.416 e. The first kappa shape index (κ1) is 20.8. The maximum absolute atomic E-state index is 13.0. The monoisotopic (exact) mass is 430 g/mol. The molecule has 31 heavy (non-hydrogen) atoms. The van der Waals surface area contributed by atoms with Crippen LogP contribution in [0.2, 0.25) is 0 Å². The lowest BCUT2D eigenvalue weighted by Gasteiger charge is -2.13. The molecular formula is C23H21F3N2O3. The highest BCUT2D eigenvalue weighted by atomic mass is 19.4. The summed E-state index contributed by atoms with van der Waals surface area (Å²) in [4.78, 5) is 12.3. The first-order valence-corrected chi connectivity index (χ1v) is 9.78. The topological polar surface area (TPSA) is 66.5 Å². The normalized spacial score (nSPS) is 12.9. The molecule has 2 N–H and O–H groups in total. The standard InChI is InChI=1S/C23H21F3N2O3/c1-3-17-21(15-5-7-16(8-6-15)23(24,25)26)20(22(27)29)13(2)28(17)11-14-4-9-18-19(10-14)31-12-30-18/h4-10H,3,11-12H2,1-2H3,(H2,27,29). The number of nitrogens with zero attached hydrogens (tertiary/aromatic N) is 1. The molecule has 0 radical (unpaired) electrons. The molecule has 0 fully saturated rings. The van der Waals surface area contributed by atoms with Crippen LogP contribution in [0.15, 0.2) is 42.5 Å². The van der Waals surface area contributed by atoms with Gasteiger partial charge in [0.25, 0.3) is 5.91 Å². The number of ether oxygens (including phenoxy) is 2. The lowest BCUT2D eigenvalue weighted by molar-refractivity contribution is -0.137. The number of hydrogen-bond acceptors (Lipinski definition) is 3. The zero-order valence-corrected chi connectivity index (χ0v) is 17.0. The number of carbonyl (C=O) groups is 1. The van der Waals surface area contributed by atoms with Crippen LogP contribution in [0.3, 0.4) is 0 Å². The van der Waals surface area contributed by atoms with Crippen molar-refractivity contribution in [3.8, 4) is 22.6 Å². The summed E-state index contributed by atoms with van der Waals surface area (Å²) in [5, 5.41) is 0. The fourth-order valence-corrected chi connectivity index (χ4v) is 4.04. The van der Waals surface area contributed by atoms with Crippen LogP contribution in [-0.4, -0.2) is 17.3 Å². The van der Waals surface area contributed by atoms with Crippen LogP contribution in [0, 0.1) is 6.92 Å². The summed E-state index contributed by atoms with van der Waals surface area (Å²) in [6.45, 7) is 4.35. The first-order valence-electron chi connectivity index (χ1n) is 9.78. The van der Waals surface area contributed by atoms with Crippen molar-refractivity contribution < 1.29 is 27.4 Å². The molecule has 0 saturated heterocycles. The summed E-state index contributed by atoms with van der Waals surface area (Å²) in [6, 6.07) is 10.4. The molecule has 2 heterocycles. The number of amides is 1. The molecule has 8 heteroatoms. The summed E-state index contributed by atoms with van der Waals surface area (Å²) in [5.74, 6) is 0.706. The molecule has 0 saturated carbocycles. The van der Waals surface area contributed by atoms with E-state index < -0.39 is 17.6 Å². The molecular weight excluding hydrogens is 409 g/mol. The Morgan fingerprint density at radius 1 is 1.10 bits per heavy atom. The Morgan fingerprint density at radius 3 is 2.39 bits per heavy atom. The Morgan fingerprint density at radius 2 is 1.77 bits per heavy atom. The second-order valence-electron chi connectivity index (χ2n) is 7.35. The van der Waals surface area contributed by atoms with Crippen molar-refractivity contribution in [1.29, 1.82) is 0 Å². The van der Waals surface area contributed by atoms with E-state index >= 15 is 0 Å². The highest BCUT2D eigenvalue weighted by Gasteiger charge is 2.31. The SMILES string of the molecule is CCc1c(-c2ccc(C(F)(F)F)cc2)c(C(N)=O)c(C)n1Cc1ccc2c(c1)OCO2. The minimum atomic E-state index is -4.43. The Balaban J connectivity index is 1.81. The van der Waals surface area contributed by atoms with E-state index in [2.05, 4.69) is 0 Å². The third-order valence-corrected chi connectivity index (χ3v) is 5.49. The minimum Gasteiger partial charge on any atom is -0.454 e. The second kappa shape index (κ2) is 7.68. The van der Waals surface area contributed by atoms with E-state index in [-0.39, 0.29) is 6.79 Å². The fourth-order valence-electron chi connectivity index (χ4n) is 4.04. The number of carbonyl (C=O) groups excluding carboxylic acids is 1. The number of hydrogen-bond donors (Lipinski definition) is 1. The van der Waals surface area contributed by atoms with E-state index in [9.17, 15) is 18.0 Å². The summed E-state index contributed by atoms with van der Waals surface area (Å²) in [6.07, 6.45) is -3.87. The zero-order chi connectivity index (χ0) is 22.3. The predicted molar refractivity (Wildman–Crippen MR) is 109 cm³/mol. The molecule has 5 nitrogen and oxygen atoms in total. The molecule has 2 aromatic carbocycles. The highest BCUT2D eigenvalue weighted by Crippen LogP contribution is 2.37. The van der Waals surface area contributed by atoms with E-state index in [4.69, 9.17) is 15.2 Å². The summed E-state index contributed by atoms with van der Waals surface area (Å²) in [7, 11) is 0. The van der Waals surface area contributed by atoms with Gasteiger partial charge in [-0.3, -0.25) is 4.79 Å². The van der Waals surface area contributed by atoms with Crippen LogP contribution in [0.5, 0.6) is 11.5 Å². The predicted octanol–water partition coefficient (Wildman–Crippen LogP) is 4.92. The van der Waals surface area contributed by atoms with Gasteiger partial charge in [-0.05, 0) is 48.7 Å². The van der Waals surface area contributed by atoms with Gasteiger partial charge in [0.2, 0.25) is 6.79 Å². The lowest BCUT2D eigenvalue weighted by atomic mass is 9.97. The number of nitrogens with two attached hydrogens (primary N) is 1. The third-order valence-electron chi connectivity index (χ3n) is 5.49. The maximum Gasteiger partial charge on any atom is 0.416 e. The minimum absolute atomic E-state index is 0.172. The highest BCUT2D eigenvalue weighted by molar-refractivity contribution is 6.02. The maximum atomic E-state index is 13.0. The number of fused-ring (bicyclic) bond motifs is 1. The number of aromatic nitrogens is 1. The van der Waals surface area contributed by atoms with Crippen molar-refractivity contribution in [2.45, 2.75) is 33.0 Å². The molecule has 0 bridgehead atoms. The summed E-state index contributed by atoms with van der Waals surface area (Å²) in [5.41, 5.74) is 8.77. The molecule has 0 unspecified atom stereocenters. The molecule has 1 aliphatic heterocycles. The van der Waals surface area contributed by atoms with Crippen molar-refractivity contribution >= 4 is 5.91 Å². The van der Waals surface area contributed by atoms with Gasteiger partial charge in [0.05, 0.1) is 11.1 Å². The number of alkyl halides is 3. The Hall–Kier alpha value is -3.42. The van der Waals surface area contributed by atoms with Gasteiger partial charge >= 0.3 is 6.18 Å². The van der Waals surface area contributed by atoms with Crippen molar-refractivity contribution in [3.05, 3.63) is 70.5 Å². The average molecular weight is 430 g/mol. The fraction of sp³-hybridized carbons (Fsp3) is 0.261. The molecule has 0 atom stereocenters. The summed E-state index contributed by atoms with van der Waals surface area (Å²) < 4.78 is 51.7. The second-order valence-corrected chi connectivity index (χ2v) is 7.35. The van der Waals surface area contributed by atoms with Crippen LogP contribution in [0.25, 0.3) is 11.1 Å². The number of halogens is 3. The molecule has 162 valence electrons. The van der Waals surface area contributed by atoms with E-state index in [0.717, 1.165) is 23.4 Å². The number of primary amides is 1. The van der Waals surface area contributed by atoms with E-state index in [0.29, 0.717) is 46.8 Å². The lowest BCUT2D eigenvalue weighted by Crippen LogP contribution is -2.13. The van der Waals surface area contributed by atoms with Gasteiger partial charge in [-0.2, -0.15) is 13.2 Å². The first-order chi connectivity index (χ1) is 14.7. The number of rotatable bonds is 5. The average Bonchev–Trinajstić information content (AvgIpc) is 3.29. The van der Waals surface area contributed by atoms with Crippen LogP contribution in [0.4, 0.5) is 13.2 Å². The van der Waals surface area contributed by atoms with Gasteiger partial charge in [0, 0.05) is 23.5 Å². The van der Waals surface area contributed by atoms with Gasteiger partial charge in [0.15, 0.2) is 11.5 Å². The Labute approximate surface area is 177 Å². The van der Waals surface area contributed by atoms with Gasteiger partial charge < -0.3 is 19.8 Å². The third kappa shape index (κ3) is 3.73. The Kier molecular flexibility index (Phi) is 5.16. The van der Waals surface area contributed by atoms with Crippen molar-refractivity contribution in [2.75, 3.05) is 6.79 Å². The van der Waals surface area contributed by atoms with Gasteiger partial charge in [-0.15, -0.1) is 0 Å². The largest absolute Gasteiger partial charge is 0.454 e. The van der Waals surface area contributed by atoms with Gasteiger partial charge in [-0.1, -0.05) is 25.1 Å². The molecule has 3 aromatic rings. The van der Waals surface area contributed by atoms with Crippen LogP contribution < -0.4 is 15.2 Å². The van der Waals surface area contributed by atoms with Gasteiger partial charge in [-0.25, -0.2) is 0 Å². The van der Waals surface area contributed by atoms with E-state index in [1.54, 1.807) is 6.92 Å². The Bertz CT molecular complexity index is 1150. The van der Waals surface area contributed by atoms with Crippen LogP contribution >= 0.6 is 0 Å². The van der Waals surface area contributed by atoms with Crippen LogP contribution in [-0.2, 0) is 19.1 Å². The molecule has 4 rings (SSSR count). The molecule has 1 aromatic heterocycles. The summed E-state index contributed by atoms with van der Waals surface area (Å²) >= 11 is 0.